The highest BCUT2D eigenvalue weighted by Gasteiger charge is 2.32. The molecule has 1 aromatic rings. The van der Waals surface area contributed by atoms with Crippen LogP contribution in [0.2, 0.25) is 0 Å². The first-order chi connectivity index (χ1) is 12.5. The molecular weight excluding hydrogens is 377 g/mol. The molecule has 0 aliphatic carbocycles. The van der Waals surface area contributed by atoms with Gasteiger partial charge in [-0.05, 0) is 51.2 Å². The molecule has 27 heavy (non-hydrogen) atoms. The quantitative estimate of drug-likeness (QED) is 0.495. The molecule has 1 fully saturated rings. The maximum absolute atomic E-state index is 14.3. The fourth-order valence-electron chi connectivity index (χ4n) is 2.40. The van der Waals surface area contributed by atoms with Gasteiger partial charge in [-0.3, -0.25) is 9.69 Å². The number of thiocarbonyl (C=S) groups is 1. The molecule has 0 aromatic heterocycles. The van der Waals surface area contributed by atoms with Crippen molar-refractivity contribution in [3.8, 4) is 0 Å². The fourth-order valence-corrected chi connectivity index (χ4v) is 2.48. The SMILES string of the molecule is CC(C)(C)OC(=O)CNc1ccc(N2CC(CNC(O)=S)OC2=O)cc1F. The smallest absolute Gasteiger partial charge is 0.414 e. The number of anilines is 2. The van der Waals surface area contributed by atoms with Crippen molar-refractivity contribution in [3.63, 3.8) is 0 Å². The maximum atomic E-state index is 14.3. The lowest BCUT2D eigenvalue weighted by Crippen LogP contribution is -2.33. The number of cyclic esters (lactones) is 1. The van der Waals surface area contributed by atoms with Crippen molar-refractivity contribution in [2.24, 2.45) is 0 Å². The average molecular weight is 399 g/mol. The van der Waals surface area contributed by atoms with Gasteiger partial charge in [0.2, 0.25) is 0 Å². The number of halogens is 1. The second kappa shape index (κ2) is 8.38. The maximum Gasteiger partial charge on any atom is 0.414 e. The van der Waals surface area contributed by atoms with Gasteiger partial charge in [-0.25, -0.2) is 9.18 Å². The van der Waals surface area contributed by atoms with E-state index in [2.05, 4.69) is 22.9 Å². The number of nitrogens with one attached hydrogen (secondary N) is 2. The van der Waals surface area contributed by atoms with Crippen LogP contribution in [0, 0.1) is 5.82 Å². The number of amides is 1. The van der Waals surface area contributed by atoms with Crippen LogP contribution in [0.3, 0.4) is 0 Å². The van der Waals surface area contributed by atoms with Crippen molar-refractivity contribution in [2.75, 3.05) is 29.9 Å². The van der Waals surface area contributed by atoms with E-state index in [4.69, 9.17) is 14.6 Å². The summed E-state index contributed by atoms with van der Waals surface area (Å²) in [4.78, 5) is 24.9. The zero-order valence-electron chi connectivity index (χ0n) is 15.2. The minimum absolute atomic E-state index is 0.112. The molecule has 148 valence electrons. The third-order valence-corrected chi connectivity index (χ3v) is 3.61. The molecule has 1 aromatic carbocycles. The van der Waals surface area contributed by atoms with Gasteiger partial charge in [0.15, 0.2) is 0 Å². The Morgan fingerprint density at radius 3 is 2.78 bits per heavy atom. The molecule has 0 radical (unpaired) electrons. The monoisotopic (exact) mass is 399 g/mol. The Hall–Kier alpha value is -2.62. The summed E-state index contributed by atoms with van der Waals surface area (Å²) >= 11 is 4.49. The topological polar surface area (TPSA) is 100 Å². The molecule has 2 rings (SSSR count). The van der Waals surface area contributed by atoms with E-state index in [0.717, 1.165) is 0 Å². The number of benzene rings is 1. The first-order valence-electron chi connectivity index (χ1n) is 8.25. The minimum Gasteiger partial charge on any atom is -0.487 e. The number of aliphatic hydroxyl groups excluding tert-OH is 1. The van der Waals surface area contributed by atoms with Crippen molar-refractivity contribution in [2.45, 2.75) is 32.5 Å². The lowest BCUT2D eigenvalue weighted by atomic mass is 10.2. The highest BCUT2D eigenvalue weighted by molar-refractivity contribution is 7.79. The van der Waals surface area contributed by atoms with E-state index in [0.29, 0.717) is 5.69 Å². The molecular formula is C17H22FN3O5S. The second-order valence-corrected chi connectivity index (χ2v) is 7.29. The van der Waals surface area contributed by atoms with Crippen LogP contribution in [0.4, 0.5) is 20.6 Å². The molecule has 0 spiro atoms. The molecule has 0 bridgehead atoms. The number of hydrogen-bond acceptors (Lipinski definition) is 6. The lowest BCUT2D eigenvalue weighted by molar-refractivity contribution is -0.152. The molecule has 1 aliphatic rings. The molecule has 10 heteroatoms. The molecule has 8 nitrogen and oxygen atoms in total. The van der Waals surface area contributed by atoms with E-state index in [-0.39, 0.29) is 25.3 Å². The summed E-state index contributed by atoms with van der Waals surface area (Å²) < 4.78 is 24.6. The summed E-state index contributed by atoms with van der Waals surface area (Å²) in [6, 6.07) is 4.14. The number of hydrogen-bond donors (Lipinski definition) is 3. The summed E-state index contributed by atoms with van der Waals surface area (Å²) in [6.45, 7) is 5.37. The molecule has 1 amide bonds. The Morgan fingerprint density at radius 1 is 1.48 bits per heavy atom. The van der Waals surface area contributed by atoms with Gasteiger partial charge in [-0.1, -0.05) is 0 Å². The minimum atomic E-state index is -0.625. The Morgan fingerprint density at radius 2 is 2.19 bits per heavy atom. The molecule has 3 N–H and O–H groups in total. The number of aliphatic hydroxyl groups is 1. The van der Waals surface area contributed by atoms with Crippen LogP contribution in [0.5, 0.6) is 0 Å². The van der Waals surface area contributed by atoms with Gasteiger partial charge in [-0.15, -0.1) is 0 Å². The number of carbonyl (C=O) groups is 2. The van der Waals surface area contributed by atoms with E-state index in [1.807, 2.05) is 0 Å². The number of esters is 1. The van der Waals surface area contributed by atoms with Crippen molar-refractivity contribution in [1.82, 2.24) is 5.32 Å². The van der Waals surface area contributed by atoms with E-state index in [9.17, 15) is 14.0 Å². The second-order valence-electron chi connectivity index (χ2n) is 6.91. The highest BCUT2D eigenvalue weighted by atomic mass is 32.1. The van der Waals surface area contributed by atoms with Gasteiger partial charge in [0.1, 0.15) is 24.1 Å². The van der Waals surface area contributed by atoms with Crippen LogP contribution in [0.1, 0.15) is 20.8 Å². The standard InChI is InChI=1S/C17H22FN3O5S/c1-17(2,3)26-14(22)8-19-13-5-4-10(6-12(13)18)21-9-11(25-16(21)24)7-20-15(23)27/h4-6,11,19H,7-9H2,1-3H3,(H2,20,23,27). The Balaban J connectivity index is 1.97. The van der Waals surface area contributed by atoms with Crippen molar-refractivity contribution < 1.29 is 28.6 Å². The average Bonchev–Trinajstić information content (AvgIpc) is 2.91. The largest absolute Gasteiger partial charge is 0.487 e. The van der Waals surface area contributed by atoms with Gasteiger partial charge in [0, 0.05) is 0 Å². The number of rotatable bonds is 6. The van der Waals surface area contributed by atoms with Crippen molar-refractivity contribution in [1.29, 1.82) is 0 Å². The summed E-state index contributed by atoms with van der Waals surface area (Å²) in [5.74, 6) is -1.13. The van der Waals surface area contributed by atoms with Gasteiger partial charge >= 0.3 is 12.1 Å². The van der Waals surface area contributed by atoms with Crippen LogP contribution in [-0.4, -0.2) is 53.7 Å². The first kappa shape index (κ1) is 20.7. The predicted molar refractivity (Wildman–Crippen MR) is 102 cm³/mol. The predicted octanol–water partition coefficient (Wildman–Crippen LogP) is 2.34. The van der Waals surface area contributed by atoms with Crippen LogP contribution in [0.25, 0.3) is 0 Å². The fraction of sp³-hybridized carbons (Fsp3) is 0.471. The van der Waals surface area contributed by atoms with E-state index in [1.54, 1.807) is 20.8 Å². The van der Waals surface area contributed by atoms with Crippen LogP contribution < -0.4 is 15.5 Å². The number of nitrogens with zero attached hydrogens (tertiary/aromatic N) is 1. The highest BCUT2D eigenvalue weighted by Crippen LogP contribution is 2.26. The van der Waals surface area contributed by atoms with E-state index in [1.165, 1.54) is 23.1 Å². The normalized spacial score (nSPS) is 16.7. The van der Waals surface area contributed by atoms with Gasteiger partial charge in [0.05, 0.1) is 24.5 Å². The van der Waals surface area contributed by atoms with E-state index < -0.39 is 34.8 Å². The van der Waals surface area contributed by atoms with Crippen LogP contribution >= 0.6 is 12.2 Å². The van der Waals surface area contributed by atoms with Crippen molar-refractivity contribution in [3.05, 3.63) is 24.0 Å². The zero-order valence-corrected chi connectivity index (χ0v) is 16.1. The first-order valence-corrected chi connectivity index (χ1v) is 8.66. The third kappa shape index (κ3) is 6.24. The van der Waals surface area contributed by atoms with E-state index >= 15 is 0 Å². The number of carbonyl (C=O) groups excluding carboxylic acids is 2. The number of ether oxygens (including phenoxy) is 2. The molecule has 0 saturated carbocycles. The van der Waals surface area contributed by atoms with Crippen LogP contribution in [0.15, 0.2) is 18.2 Å². The molecule has 1 saturated heterocycles. The summed E-state index contributed by atoms with van der Waals surface area (Å²) in [5.41, 5.74) is -0.196. The molecule has 1 aliphatic heterocycles. The van der Waals surface area contributed by atoms with Crippen LogP contribution in [-0.2, 0) is 14.3 Å². The molecule has 1 unspecified atom stereocenters. The Kier molecular flexibility index (Phi) is 6.42. The molecule has 1 heterocycles. The molecule has 1 atom stereocenters. The Labute approximate surface area is 161 Å². The summed E-state index contributed by atoms with van der Waals surface area (Å²) in [6.07, 6.45) is -1.16. The van der Waals surface area contributed by atoms with Gasteiger partial charge < -0.3 is 25.2 Å². The zero-order chi connectivity index (χ0) is 20.2. The van der Waals surface area contributed by atoms with Gasteiger partial charge in [0.25, 0.3) is 5.17 Å². The summed E-state index contributed by atoms with van der Waals surface area (Å²) in [7, 11) is 0. The Bertz CT molecular complexity index is 738. The van der Waals surface area contributed by atoms with Gasteiger partial charge in [-0.2, -0.15) is 0 Å². The summed E-state index contributed by atoms with van der Waals surface area (Å²) in [5, 5.41) is 13.7. The third-order valence-electron chi connectivity index (χ3n) is 3.46. The lowest BCUT2D eigenvalue weighted by Gasteiger charge is -2.20. The van der Waals surface area contributed by atoms with Crippen molar-refractivity contribution >= 4 is 40.8 Å².